The summed E-state index contributed by atoms with van der Waals surface area (Å²) in [7, 11) is 1.35. The van der Waals surface area contributed by atoms with Gasteiger partial charge in [0, 0.05) is 5.02 Å². The Morgan fingerprint density at radius 2 is 2.14 bits per heavy atom. The molecule has 1 rings (SSSR count). The van der Waals surface area contributed by atoms with Crippen molar-refractivity contribution in [2.45, 2.75) is 3.74 Å². The number of esters is 1. The summed E-state index contributed by atoms with van der Waals surface area (Å²) in [5, 5.41) is 0.580. The Hall–Kier alpha value is -0.0600. The quantitative estimate of drug-likeness (QED) is 0.602. The zero-order valence-corrected chi connectivity index (χ0v) is 11.2. The molecule has 1 aromatic carbocycles. The van der Waals surface area contributed by atoms with Gasteiger partial charge in [-0.15, -0.1) is 0 Å². The summed E-state index contributed by atoms with van der Waals surface area (Å²) >= 11 is 12.4. The first-order chi connectivity index (χ1) is 6.56. The van der Waals surface area contributed by atoms with Gasteiger partial charge in [-0.05, 0) is 23.8 Å². The van der Waals surface area contributed by atoms with Crippen LogP contribution < -0.4 is 0 Å². The molecule has 0 radical (unpaired) electrons. The molecule has 0 N–H and O–H groups in total. The van der Waals surface area contributed by atoms with E-state index >= 15 is 0 Å². The molecule has 0 bridgehead atoms. The number of hydrogen-bond acceptors (Lipinski definition) is 2. The Morgan fingerprint density at radius 1 is 1.50 bits per heavy atom. The number of rotatable bonds is 2. The Morgan fingerprint density at radius 3 is 2.64 bits per heavy atom. The van der Waals surface area contributed by atoms with E-state index in [1.165, 1.54) is 7.11 Å². The van der Waals surface area contributed by atoms with Crippen molar-refractivity contribution in [3.05, 3.63) is 34.3 Å². The lowest BCUT2D eigenvalue weighted by Gasteiger charge is -2.08. The number of carbonyl (C=O) groups is 1. The number of halogens is 3. The van der Waals surface area contributed by atoms with E-state index in [1.807, 2.05) is 0 Å². The third-order valence-corrected chi connectivity index (χ3v) is 2.88. The molecule has 1 aromatic rings. The standard InChI is InChI=1S/C9H7Br2ClO2/c1-14-9(13)6-3-2-5(12)4-7(6)8(10)11/h2-4,8H,1H3. The topological polar surface area (TPSA) is 26.3 Å². The third-order valence-electron chi connectivity index (χ3n) is 1.65. The van der Waals surface area contributed by atoms with E-state index in [1.54, 1.807) is 18.2 Å². The van der Waals surface area contributed by atoms with Gasteiger partial charge in [-0.1, -0.05) is 43.5 Å². The Balaban J connectivity index is 3.21. The minimum Gasteiger partial charge on any atom is -0.465 e. The molecule has 2 nitrogen and oxygen atoms in total. The van der Waals surface area contributed by atoms with Crippen LogP contribution in [-0.2, 0) is 4.74 Å². The number of benzene rings is 1. The molecule has 0 spiro atoms. The molecule has 0 aliphatic heterocycles. The minimum atomic E-state index is -0.374. The number of methoxy groups -OCH3 is 1. The van der Waals surface area contributed by atoms with Gasteiger partial charge in [0.2, 0.25) is 0 Å². The fourth-order valence-corrected chi connectivity index (χ4v) is 1.95. The minimum absolute atomic E-state index is 0.122. The van der Waals surface area contributed by atoms with E-state index in [9.17, 15) is 4.79 Å². The summed E-state index contributed by atoms with van der Waals surface area (Å²) in [6.45, 7) is 0. The first-order valence-corrected chi connectivity index (χ1v) is 5.93. The highest BCUT2D eigenvalue weighted by Gasteiger charge is 2.15. The van der Waals surface area contributed by atoms with Gasteiger partial charge in [0.15, 0.2) is 0 Å². The molecule has 0 amide bonds. The van der Waals surface area contributed by atoms with Crippen molar-refractivity contribution < 1.29 is 9.53 Å². The molecule has 0 aromatic heterocycles. The molecular weight excluding hydrogens is 335 g/mol. The fourth-order valence-electron chi connectivity index (χ4n) is 1.01. The molecule has 0 saturated carbocycles. The maximum Gasteiger partial charge on any atom is 0.338 e. The second-order valence-corrected chi connectivity index (χ2v) is 6.02. The molecular formula is C9H7Br2ClO2. The highest BCUT2D eigenvalue weighted by molar-refractivity contribution is 9.24. The highest BCUT2D eigenvalue weighted by atomic mass is 79.9. The first-order valence-electron chi connectivity index (χ1n) is 3.72. The van der Waals surface area contributed by atoms with Gasteiger partial charge in [0.05, 0.1) is 16.4 Å². The molecule has 14 heavy (non-hydrogen) atoms. The first kappa shape index (κ1) is 12.0. The van der Waals surface area contributed by atoms with E-state index in [0.717, 1.165) is 5.56 Å². The fraction of sp³-hybridized carbons (Fsp3) is 0.222. The second kappa shape index (κ2) is 5.14. The van der Waals surface area contributed by atoms with Crippen molar-refractivity contribution in [3.63, 3.8) is 0 Å². The van der Waals surface area contributed by atoms with Crippen LogP contribution in [0, 0.1) is 0 Å². The highest BCUT2D eigenvalue weighted by Crippen LogP contribution is 2.33. The van der Waals surface area contributed by atoms with Crippen LogP contribution in [0.25, 0.3) is 0 Å². The van der Waals surface area contributed by atoms with E-state index < -0.39 is 0 Å². The van der Waals surface area contributed by atoms with E-state index in [-0.39, 0.29) is 9.71 Å². The molecule has 0 unspecified atom stereocenters. The van der Waals surface area contributed by atoms with Crippen LogP contribution in [0.4, 0.5) is 0 Å². The summed E-state index contributed by atoms with van der Waals surface area (Å²) < 4.78 is 4.52. The predicted octanol–water partition coefficient (Wildman–Crippen LogP) is 3.92. The maximum atomic E-state index is 11.3. The van der Waals surface area contributed by atoms with Crippen LogP contribution >= 0.6 is 43.5 Å². The number of hydrogen-bond donors (Lipinski definition) is 0. The molecule has 0 heterocycles. The summed E-state index contributed by atoms with van der Waals surface area (Å²) in [5.74, 6) is -0.374. The summed E-state index contributed by atoms with van der Waals surface area (Å²) in [4.78, 5) is 11.3. The van der Waals surface area contributed by atoms with Crippen LogP contribution in [0.3, 0.4) is 0 Å². The van der Waals surface area contributed by atoms with Crippen molar-refractivity contribution in [1.29, 1.82) is 0 Å². The molecule has 0 atom stereocenters. The summed E-state index contributed by atoms with van der Waals surface area (Å²) in [6, 6.07) is 5.00. The van der Waals surface area contributed by atoms with Crippen molar-refractivity contribution >= 4 is 49.4 Å². The molecule has 0 aliphatic carbocycles. The third kappa shape index (κ3) is 2.72. The van der Waals surface area contributed by atoms with Crippen LogP contribution in [0.2, 0.25) is 5.02 Å². The van der Waals surface area contributed by atoms with Crippen molar-refractivity contribution in [2.75, 3.05) is 7.11 Å². The zero-order chi connectivity index (χ0) is 10.7. The maximum absolute atomic E-state index is 11.3. The lowest BCUT2D eigenvalue weighted by molar-refractivity contribution is 0.0600. The van der Waals surface area contributed by atoms with Gasteiger partial charge in [-0.25, -0.2) is 4.79 Å². The van der Waals surface area contributed by atoms with Gasteiger partial charge in [0.25, 0.3) is 0 Å². The van der Waals surface area contributed by atoms with Crippen molar-refractivity contribution in [3.8, 4) is 0 Å². The van der Waals surface area contributed by atoms with E-state index in [4.69, 9.17) is 11.6 Å². The Kier molecular flexibility index (Phi) is 4.41. The van der Waals surface area contributed by atoms with Gasteiger partial charge in [-0.2, -0.15) is 0 Å². The second-order valence-electron chi connectivity index (χ2n) is 2.52. The smallest absolute Gasteiger partial charge is 0.338 e. The van der Waals surface area contributed by atoms with Gasteiger partial charge in [-0.3, -0.25) is 0 Å². The predicted molar refractivity (Wildman–Crippen MR) is 63.4 cm³/mol. The molecule has 5 heteroatoms. The van der Waals surface area contributed by atoms with E-state index in [0.29, 0.717) is 10.6 Å². The molecule has 0 fully saturated rings. The molecule has 76 valence electrons. The largest absolute Gasteiger partial charge is 0.465 e. The number of carbonyl (C=O) groups excluding carboxylic acids is 1. The van der Waals surface area contributed by atoms with Gasteiger partial charge in [0.1, 0.15) is 0 Å². The summed E-state index contributed by atoms with van der Waals surface area (Å²) in [5.41, 5.74) is 1.25. The molecule has 0 saturated heterocycles. The average Bonchev–Trinajstić information content (AvgIpc) is 2.16. The van der Waals surface area contributed by atoms with Gasteiger partial charge >= 0.3 is 5.97 Å². The van der Waals surface area contributed by atoms with Crippen LogP contribution in [0.15, 0.2) is 18.2 Å². The van der Waals surface area contributed by atoms with Crippen molar-refractivity contribution in [1.82, 2.24) is 0 Å². The average molecular weight is 342 g/mol. The Bertz CT molecular complexity index is 353. The van der Waals surface area contributed by atoms with Gasteiger partial charge < -0.3 is 4.74 Å². The SMILES string of the molecule is COC(=O)c1ccc(Cl)cc1C(Br)Br. The number of alkyl halides is 2. The molecule has 0 aliphatic rings. The zero-order valence-electron chi connectivity index (χ0n) is 7.26. The van der Waals surface area contributed by atoms with Crippen LogP contribution in [0.5, 0.6) is 0 Å². The van der Waals surface area contributed by atoms with E-state index in [2.05, 4.69) is 36.6 Å². The number of ether oxygens (including phenoxy) is 1. The summed E-state index contributed by atoms with van der Waals surface area (Å²) in [6.07, 6.45) is 0. The Labute approximate surface area is 104 Å². The van der Waals surface area contributed by atoms with Crippen LogP contribution in [-0.4, -0.2) is 13.1 Å². The normalized spacial score (nSPS) is 10.4. The lowest BCUT2D eigenvalue weighted by atomic mass is 10.1. The van der Waals surface area contributed by atoms with Crippen molar-refractivity contribution in [2.24, 2.45) is 0 Å². The van der Waals surface area contributed by atoms with Crippen LogP contribution in [0.1, 0.15) is 19.7 Å². The monoisotopic (exact) mass is 340 g/mol. The lowest BCUT2D eigenvalue weighted by Crippen LogP contribution is -2.05.